The molecule has 0 spiro atoms. The maximum atomic E-state index is 9.42. The Morgan fingerprint density at radius 2 is 1.92 bits per heavy atom. The number of aromatic hydroxyl groups is 1. The standard InChI is InChI=1S/C11H14O/c1-4-5-10-8(2)6-7-11(12)9(10)3/h4-7,12H,1-3H3/b5-4-. The Balaban J connectivity index is 3.32. The predicted octanol–water partition coefficient (Wildman–Crippen LogP) is 3.04. The lowest BCUT2D eigenvalue weighted by molar-refractivity contribution is 0.471. The van der Waals surface area contributed by atoms with Crippen molar-refractivity contribution in [3.05, 3.63) is 34.9 Å². The molecular weight excluding hydrogens is 148 g/mol. The molecule has 0 unspecified atom stereocenters. The fraction of sp³-hybridized carbons (Fsp3) is 0.273. The van der Waals surface area contributed by atoms with E-state index < -0.39 is 0 Å². The van der Waals surface area contributed by atoms with Gasteiger partial charge in [0.25, 0.3) is 0 Å². The summed E-state index contributed by atoms with van der Waals surface area (Å²) in [5.41, 5.74) is 3.27. The molecule has 0 fully saturated rings. The van der Waals surface area contributed by atoms with Crippen LogP contribution in [0.2, 0.25) is 0 Å². The van der Waals surface area contributed by atoms with Crippen molar-refractivity contribution in [2.45, 2.75) is 20.8 Å². The molecule has 1 heteroatoms. The van der Waals surface area contributed by atoms with Crippen molar-refractivity contribution < 1.29 is 5.11 Å². The van der Waals surface area contributed by atoms with Gasteiger partial charge in [-0.05, 0) is 43.5 Å². The number of hydrogen-bond donors (Lipinski definition) is 1. The summed E-state index contributed by atoms with van der Waals surface area (Å²) in [5.74, 6) is 0.369. The van der Waals surface area contributed by atoms with Crippen molar-refractivity contribution in [3.63, 3.8) is 0 Å². The van der Waals surface area contributed by atoms with Crippen LogP contribution in [0.4, 0.5) is 0 Å². The van der Waals surface area contributed by atoms with E-state index in [1.54, 1.807) is 6.07 Å². The Hall–Kier alpha value is -1.24. The Morgan fingerprint density at radius 1 is 1.25 bits per heavy atom. The smallest absolute Gasteiger partial charge is 0.119 e. The summed E-state index contributed by atoms with van der Waals surface area (Å²) >= 11 is 0. The summed E-state index contributed by atoms with van der Waals surface area (Å²) in [6.45, 7) is 5.95. The second-order valence-corrected chi connectivity index (χ2v) is 2.94. The summed E-state index contributed by atoms with van der Waals surface area (Å²) in [4.78, 5) is 0. The molecule has 0 aliphatic heterocycles. The Morgan fingerprint density at radius 3 is 2.50 bits per heavy atom. The quantitative estimate of drug-likeness (QED) is 0.673. The minimum Gasteiger partial charge on any atom is -0.508 e. The SMILES string of the molecule is C/C=C\c1c(C)ccc(O)c1C. The zero-order chi connectivity index (χ0) is 9.14. The minimum atomic E-state index is 0.369. The first-order valence-electron chi connectivity index (χ1n) is 4.08. The van der Waals surface area contributed by atoms with E-state index in [2.05, 4.69) is 0 Å². The van der Waals surface area contributed by atoms with E-state index in [0.717, 1.165) is 11.1 Å². The molecule has 1 aromatic carbocycles. The second-order valence-electron chi connectivity index (χ2n) is 2.94. The number of aryl methyl sites for hydroxylation is 1. The lowest BCUT2D eigenvalue weighted by atomic mass is 10.0. The number of hydrogen-bond acceptors (Lipinski definition) is 1. The van der Waals surface area contributed by atoms with E-state index in [1.165, 1.54) is 5.56 Å². The highest BCUT2D eigenvalue weighted by Gasteiger charge is 2.02. The van der Waals surface area contributed by atoms with Crippen LogP contribution in [-0.2, 0) is 0 Å². The summed E-state index contributed by atoms with van der Waals surface area (Å²) in [6, 6.07) is 3.66. The highest BCUT2D eigenvalue weighted by atomic mass is 16.3. The molecule has 0 aromatic heterocycles. The molecule has 0 amide bonds. The summed E-state index contributed by atoms with van der Waals surface area (Å²) < 4.78 is 0. The molecular formula is C11H14O. The third-order valence-corrected chi connectivity index (χ3v) is 2.04. The molecule has 1 nitrogen and oxygen atoms in total. The molecule has 0 aliphatic rings. The number of benzene rings is 1. The molecule has 1 N–H and O–H groups in total. The van der Waals surface area contributed by atoms with Crippen LogP contribution in [0, 0.1) is 13.8 Å². The molecule has 1 rings (SSSR count). The van der Waals surface area contributed by atoms with Gasteiger partial charge in [-0.3, -0.25) is 0 Å². The van der Waals surface area contributed by atoms with Crippen LogP contribution in [0.1, 0.15) is 23.6 Å². The molecule has 0 saturated carbocycles. The topological polar surface area (TPSA) is 20.2 Å². The average Bonchev–Trinajstić information content (AvgIpc) is 2.06. The van der Waals surface area contributed by atoms with E-state index >= 15 is 0 Å². The van der Waals surface area contributed by atoms with Crippen LogP contribution in [0.3, 0.4) is 0 Å². The van der Waals surface area contributed by atoms with Gasteiger partial charge in [-0.2, -0.15) is 0 Å². The van der Waals surface area contributed by atoms with Crippen LogP contribution >= 0.6 is 0 Å². The zero-order valence-electron chi connectivity index (χ0n) is 7.76. The largest absolute Gasteiger partial charge is 0.508 e. The molecule has 0 heterocycles. The molecule has 0 saturated heterocycles. The predicted molar refractivity (Wildman–Crippen MR) is 52.3 cm³/mol. The van der Waals surface area contributed by atoms with Gasteiger partial charge in [-0.15, -0.1) is 0 Å². The molecule has 0 bridgehead atoms. The molecule has 0 radical (unpaired) electrons. The fourth-order valence-corrected chi connectivity index (χ4v) is 1.28. The number of phenolic OH excluding ortho intramolecular Hbond substituents is 1. The lowest BCUT2D eigenvalue weighted by Gasteiger charge is -2.06. The fourth-order valence-electron chi connectivity index (χ4n) is 1.28. The summed E-state index contributed by atoms with van der Waals surface area (Å²) in [5, 5.41) is 9.42. The normalized spacial score (nSPS) is 10.9. The first kappa shape index (κ1) is 8.85. The van der Waals surface area contributed by atoms with E-state index in [-0.39, 0.29) is 0 Å². The van der Waals surface area contributed by atoms with E-state index in [0.29, 0.717) is 5.75 Å². The van der Waals surface area contributed by atoms with Crippen molar-refractivity contribution in [2.75, 3.05) is 0 Å². The van der Waals surface area contributed by atoms with Gasteiger partial charge in [0.1, 0.15) is 5.75 Å². The van der Waals surface area contributed by atoms with Crippen molar-refractivity contribution >= 4 is 6.08 Å². The number of rotatable bonds is 1. The third kappa shape index (κ3) is 1.50. The monoisotopic (exact) mass is 162 g/mol. The van der Waals surface area contributed by atoms with Crippen LogP contribution in [-0.4, -0.2) is 5.11 Å². The summed E-state index contributed by atoms with van der Waals surface area (Å²) in [6.07, 6.45) is 4.00. The van der Waals surface area contributed by atoms with Crippen LogP contribution in [0.5, 0.6) is 5.75 Å². The molecule has 1 aromatic rings. The maximum Gasteiger partial charge on any atom is 0.119 e. The minimum absolute atomic E-state index is 0.369. The third-order valence-electron chi connectivity index (χ3n) is 2.04. The van der Waals surface area contributed by atoms with Crippen molar-refractivity contribution in [1.82, 2.24) is 0 Å². The van der Waals surface area contributed by atoms with Gasteiger partial charge in [-0.1, -0.05) is 18.2 Å². The first-order valence-corrected chi connectivity index (χ1v) is 4.08. The Labute approximate surface area is 73.4 Å². The van der Waals surface area contributed by atoms with Gasteiger partial charge in [0.15, 0.2) is 0 Å². The van der Waals surface area contributed by atoms with Crippen LogP contribution < -0.4 is 0 Å². The molecule has 12 heavy (non-hydrogen) atoms. The summed E-state index contributed by atoms with van der Waals surface area (Å²) in [7, 11) is 0. The van der Waals surface area contributed by atoms with Crippen molar-refractivity contribution in [3.8, 4) is 5.75 Å². The van der Waals surface area contributed by atoms with Gasteiger partial charge in [0.2, 0.25) is 0 Å². The van der Waals surface area contributed by atoms with Crippen molar-refractivity contribution in [2.24, 2.45) is 0 Å². The van der Waals surface area contributed by atoms with Crippen molar-refractivity contribution in [1.29, 1.82) is 0 Å². The maximum absolute atomic E-state index is 9.42. The van der Waals surface area contributed by atoms with Gasteiger partial charge in [0.05, 0.1) is 0 Å². The zero-order valence-corrected chi connectivity index (χ0v) is 7.76. The Bertz CT molecular complexity index is 311. The van der Waals surface area contributed by atoms with E-state index in [9.17, 15) is 5.11 Å². The van der Waals surface area contributed by atoms with Crippen LogP contribution in [0.15, 0.2) is 18.2 Å². The second kappa shape index (κ2) is 3.44. The Kier molecular flexibility index (Phi) is 2.54. The lowest BCUT2D eigenvalue weighted by Crippen LogP contribution is -1.86. The van der Waals surface area contributed by atoms with E-state index in [1.807, 2.05) is 39.0 Å². The molecule has 0 aliphatic carbocycles. The highest BCUT2D eigenvalue weighted by molar-refractivity contribution is 5.60. The average molecular weight is 162 g/mol. The first-order chi connectivity index (χ1) is 5.66. The number of allylic oxidation sites excluding steroid dienone is 1. The van der Waals surface area contributed by atoms with Gasteiger partial charge in [-0.25, -0.2) is 0 Å². The highest BCUT2D eigenvalue weighted by Crippen LogP contribution is 2.23. The number of phenols is 1. The van der Waals surface area contributed by atoms with Gasteiger partial charge < -0.3 is 5.11 Å². The van der Waals surface area contributed by atoms with Gasteiger partial charge >= 0.3 is 0 Å². The van der Waals surface area contributed by atoms with Gasteiger partial charge in [0, 0.05) is 0 Å². The van der Waals surface area contributed by atoms with Crippen LogP contribution in [0.25, 0.3) is 6.08 Å². The van der Waals surface area contributed by atoms with E-state index in [4.69, 9.17) is 0 Å². The molecule has 0 atom stereocenters. The molecule has 64 valence electrons.